The summed E-state index contributed by atoms with van der Waals surface area (Å²) in [6.45, 7) is 3.69. The zero-order chi connectivity index (χ0) is 31.7. The van der Waals surface area contributed by atoms with Crippen molar-refractivity contribution in [1.29, 1.82) is 0 Å². The van der Waals surface area contributed by atoms with Crippen molar-refractivity contribution in [1.82, 2.24) is 4.57 Å². The van der Waals surface area contributed by atoms with Crippen LogP contribution in [0.15, 0.2) is 105 Å². The highest BCUT2D eigenvalue weighted by Gasteiger charge is 2.35. The average Bonchev–Trinajstić information content (AvgIpc) is 3.64. The lowest BCUT2D eigenvalue weighted by Crippen LogP contribution is -2.40. The Bertz CT molecular complexity index is 2140. The van der Waals surface area contributed by atoms with Gasteiger partial charge < -0.3 is 13.9 Å². The SMILES string of the molecule is CCOC(=O)C1=C(c2ccccc2)N=c2s/c(=C/c3ccc(-c4ccc(C(=O)OC)cc4C)o3)c(=O)n2[C@@H]1c1ccc(F)cc1. The van der Waals surface area contributed by atoms with Crippen molar-refractivity contribution >= 4 is 35.0 Å². The molecule has 1 aliphatic rings. The van der Waals surface area contributed by atoms with Gasteiger partial charge in [0.1, 0.15) is 17.3 Å². The maximum atomic E-state index is 14.0. The monoisotopic (exact) mass is 622 g/mol. The summed E-state index contributed by atoms with van der Waals surface area (Å²) in [6.07, 6.45) is 1.63. The molecule has 5 aromatic rings. The third-order valence-electron chi connectivity index (χ3n) is 7.37. The molecule has 0 fully saturated rings. The van der Waals surface area contributed by atoms with Gasteiger partial charge in [-0.3, -0.25) is 9.36 Å². The van der Waals surface area contributed by atoms with Crippen LogP contribution in [0.2, 0.25) is 0 Å². The second kappa shape index (κ2) is 12.3. The summed E-state index contributed by atoms with van der Waals surface area (Å²) in [5, 5.41) is 0. The summed E-state index contributed by atoms with van der Waals surface area (Å²) in [5.74, 6) is -0.505. The van der Waals surface area contributed by atoms with Gasteiger partial charge in [-0.2, -0.15) is 0 Å². The van der Waals surface area contributed by atoms with Crippen molar-refractivity contribution in [3.05, 3.63) is 144 Å². The molecule has 2 aromatic heterocycles. The van der Waals surface area contributed by atoms with E-state index in [0.29, 0.717) is 43.2 Å². The van der Waals surface area contributed by atoms with E-state index in [4.69, 9.17) is 18.9 Å². The number of benzene rings is 3. The van der Waals surface area contributed by atoms with Gasteiger partial charge in [0.05, 0.1) is 41.1 Å². The van der Waals surface area contributed by atoms with Crippen LogP contribution in [0, 0.1) is 12.7 Å². The zero-order valence-corrected chi connectivity index (χ0v) is 25.4. The number of carbonyl (C=O) groups excluding carboxylic acids is 2. The number of hydrogen-bond acceptors (Lipinski definition) is 8. The summed E-state index contributed by atoms with van der Waals surface area (Å²) < 4.78 is 32.1. The molecule has 0 aliphatic carbocycles. The number of carbonyl (C=O) groups is 2. The summed E-state index contributed by atoms with van der Waals surface area (Å²) in [6, 6.07) is 22.7. The molecule has 3 aromatic carbocycles. The number of thiazole rings is 1. The van der Waals surface area contributed by atoms with E-state index < -0.39 is 29.4 Å². The number of halogens is 1. The zero-order valence-electron chi connectivity index (χ0n) is 24.6. The van der Waals surface area contributed by atoms with Crippen LogP contribution in [0.4, 0.5) is 4.39 Å². The number of methoxy groups -OCH3 is 1. The number of fused-ring (bicyclic) bond motifs is 1. The molecular formula is C35H27FN2O6S. The number of nitrogens with zero attached hydrogens (tertiary/aromatic N) is 2. The number of aryl methyl sites for hydroxylation is 1. The average molecular weight is 623 g/mol. The molecule has 1 atom stereocenters. The molecule has 6 rings (SSSR count). The number of ether oxygens (including phenoxy) is 2. The Kier molecular flexibility index (Phi) is 8.14. The van der Waals surface area contributed by atoms with Crippen LogP contribution in [-0.4, -0.2) is 30.2 Å². The molecule has 226 valence electrons. The van der Waals surface area contributed by atoms with E-state index >= 15 is 0 Å². The number of rotatable bonds is 7. The van der Waals surface area contributed by atoms with Crippen molar-refractivity contribution in [3.63, 3.8) is 0 Å². The van der Waals surface area contributed by atoms with Gasteiger partial charge in [0.25, 0.3) is 5.56 Å². The van der Waals surface area contributed by atoms with E-state index in [1.807, 2.05) is 37.3 Å². The molecule has 0 saturated carbocycles. The minimum Gasteiger partial charge on any atom is -0.465 e. The van der Waals surface area contributed by atoms with Gasteiger partial charge in [0, 0.05) is 17.2 Å². The minimum atomic E-state index is -0.915. The molecule has 45 heavy (non-hydrogen) atoms. The Morgan fingerprint density at radius 3 is 2.47 bits per heavy atom. The highest BCUT2D eigenvalue weighted by molar-refractivity contribution is 7.07. The molecule has 8 nitrogen and oxygen atoms in total. The lowest BCUT2D eigenvalue weighted by Gasteiger charge is -2.25. The smallest absolute Gasteiger partial charge is 0.338 e. The first-order valence-corrected chi connectivity index (χ1v) is 14.9. The maximum absolute atomic E-state index is 14.0. The lowest BCUT2D eigenvalue weighted by molar-refractivity contribution is -0.138. The number of esters is 2. The normalized spacial score (nSPS) is 14.6. The second-order valence-electron chi connectivity index (χ2n) is 10.2. The molecule has 0 N–H and O–H groups in total. The molecule has 3 heterocycles. The Morgan fingerprint density at radius 1 is 1.02 bits per heavy atom. The second-order valence-corrected chi connectivity index (χ2v) is 11.2. The van der Waals surface area contributed by atoms with Gasteiger partial charge in [0.2, 0.25) is 0 Å². The summed E-state index contributed by atoms with van der Waals surface area (Å²) in [4.78, 5) is 44.7. The summed E-state index contributed by atoms with van der Waals surface area (Å²) >= 11 is 1.16. The first-order valence-electron chi connectivity index (χ1n) is 14.1. The van der Waals surface area contributed by atoms with Gasteiger partial charge in [-0.05, 0) is 61.4 Å². The van der Waals surface area contributed by atoms with Gasteiger partial charge in [-0.15, -0.1) is 0 Å². The highest BCUT2D eigenvalue weighted by atomic mass is 32.1. The van der Waals surface area contributed by atoms with Crippen molar-refractivity contribution in [3.8, 4) is 11.3 Å². The van der Waals surface area contributed by atoms with Crippen LogP contribution < -0.4 is 14.9 Å². The van der Waals surface area contributed by atoms with E-state index in [2.05, 4.69) is 0 Å². The number of hydrogen-bond donors (Lipinski definition) is 0. The highest BCUT2D eigenvalue weighted by Crippen LogP contribution is 2.35. The molecule has 0 spiro atoms. The largest absolute Gasteiger partial charge is 0.465 e. The molecule has 0 bridgehead atoms. The molecule has 10 heteroatoms. The fourth-order valence-corrected chi connectivity index (χ4v) is 6.27. The van der Waals surface area contributed by atoms with Crippen molar-refractivity contribution in [2.24, 2.45) is 4.99 Å². The molecule has 0 amide bonds. The van der Waals surface area contributed by atoms with E-state index in [-0.39, 0.29) is 12.2 Å². The third-order valence-corrected chi connectivity index (χ3v) is 8.36. The first kappa shape index (κ1) is 29.7. The third kappa shape index (κ3) is 5.67. The molecule has 0 saturated heterocycles. The lowest BCUT2D eigenvalue weighted by atomic mass is 9.93. The number of furan rings is 1. The predicted octanol–water partition coefficient (Wildman–Crippen LogP) is 5.43. The minimum absolute atomic E-state index is 0.122. The molecule has 0 unspecified atom stereocenters. The van der Waals surface area contributed by atoms with E-state index in [1.54, 1.807) is 55.5 Å². The quantitative estimate of drug-likeness (QED) is 0.225. The Morgan fingerprint density at radius 2 is 1.78 bits per heavy atom. The van der Waals surface area contributed by atoms with E-state index in [9.17, 15) is 18.8 Å². The number of aromatic nitrogens is 1. The molecule has 0 radical (unpaired) electrons. The molecule has 1 aliphatic heterocycles. The first-order chi connectivity index (χ1) is 21.8. The van der Waals surface area contributed by atoms with Gasteiger partial charge in [-0.1, -0.05) is 59.9 Å². The van der Waals surface area contributed by atoms with Crippen LogP contribution in [-0.2, 0) is 14.3 Å². The van der Waals surface area contributed by atoms with Gasteiger partial charge in [-0.25, -0.2) is 19.0 Å². The predicted molar refractivity (Wildman–Crippen MR) is 168 cm³/mol. The van der Waals surface area contributed by atoms with Crippen molar-refractivity contribution in [2.75, 3.05) is 13.7 Å². The Labute approximate surface area is 261 Å². The Balaban J connectivity index is 1.51. The summed E-state index contributed by atoms with van der Waals surface area (Å²) in [7, 11) is 1.33. The molecular weight excluding hydrogens is 595 g/mol. The topological polar surface area (TPSA) is 100 Å². The van der Waals surface area contributed by atoms with Crippen molar-refractivity contribution < 1.29 is 27.9 Å². The van der Waals surface area contributed by atoms with Crippen LogP contribution in [0.1, 0.15) is 45.8 Å². The van der Waals surface area contributed by atoms with Crippen LogP contribution in [0.25, 0.3) is 23.1 Å². The van der Waals surface area contributed by atoms with Gasteiger partial charge >= 0.3 is 11.9 Å². The van der Waals surface area contributed by atoms with Crippen LogP contribution in [0.3, 0.4) is 0 Å². The van der Waals surface area contributed by atoms with Crippen LogP contribution in [0.5, 0.6) is 0 Å². The van der Waals surface area contributed by atoms with Crippen LogP contribution >= 0.6 is 11.3 Å². The maximum Gasteiger partial charge on any atom is 0.338 e. The van der Waals surface area contributed by atoms with Gasteiger partial charge in [0.15, 0.2) is 4.80 Å². The van der Waals surface area contributed by atoms with Crippen molar-refractivity contribution in [2.45, 2.75) is 19.9 Å². The summed E-state index contributed by atoms with van der Waals surface area (Å²) in [5.41, 5.74) is 3.40. The Hall–Kier alpha value is -5.35. The fourth-order valence-electron chi connectivity index (χ4n) is 5.29. The van der Waals surface area contributed by atoms with E-state index in [1.165, 1.54) is 23.8 Å². The standard InChI is InChI=1S/C35H27FN2O6S/c1-4-43-34(41)29-30(21-8-6-5-7-9-21)37-35-38(31(29)22-10-13-24(36)14-11-22)32(39)28(45-35)19-25-15-17-27(44-25)26-16-12-23(18-20(26)2)33(40)42-3/h5-19,31H,4H2,1-3H3/b28-19+/t31-/m1/s1. The van der Waals surface area contributed by atoms with E-state index in [0.717, 1.165) is 22.5 Å². The fraction of sp³-hybridized carbons (Fsp3) is 0.143.